The van der Waals surface area contributed by atoms with Crippen LogP contribution in [0.1, 0.15) is 25.8 Å². The molecule has 5 heterocycles. The van der Waals surface area contributed by atoms with Crippen LogP contribution in [0.2, 0.25) is 0 Å². The van der Waals surface area contributed by atoms with Crippen LogP contribution < -0.4 is 5.32 Å². The van der Waals surface area contributed by atoms with Gasteiger partial charge in [0.25, 0.3) is 0 Å². The fourth-order valence-electron chi connectivity index (χ4n) is 4.63. The van der Waals surface area contributed by atoms with Crippen LogP contribution >= 0.6 is 0 Å². The number of hydrogen-bond acceptors (Lipinski definition) is 6. The fraction of sp³-hybridized carbons (Fsp3) is 0.172. The van der Waals surface area contributed by atoms with Crippen LogP contribution in [0.5, 0.6) is 0 Å². The van der Waals surface area contributed by atoms with Gasteiger partial charge in [0, 0.05) is 35.3 Å². The molecule has 0 spiro atoms. The molecule has 0 aliphatic heterocycles. The highest BCUT2D eigenvalue weighted by molar-refractivity contribution is 5.97. The number of fused-ring (bicyclic) bond motifs is 2. The summed E-state index contributed by atoms with van der Waals surface area (Å²) in [7, 11) is 0. The van der Waals surface area contributed by atoms with Gasteiger partial charge in [0.15, 0.2) is 5.82 Å². The number of amides is 1. The monoisotopic (exact) mass is 520 g/mol. The Bertz CT molecular complexity index is 1840. The van der Waals surface area contributed by atoms with Gasteiger partial charge in [0.2, 0.25) is 5.91 Å². The van der Waals surface area contributed by atoms with Gasteiger partial charge in [-0.25, -0.2) is 9.37 Å². The molecule has 0 bridgehead atoms. The number of benzene rings is 1. The number of carbonyl (C=O) groups is 1. The molecule has 0 fully saturated rings. The van der Waals surface area contributed by atoms with E-state index in [1.165, 1.54) is 12.1 Å². The molecule has 39 heavy (non-hydrogen) atoms. The Labute approximate surface area is 223 Å². The molecule has 0 saturated heterocycles. The quantitative estimate of drug-likeness (QED) is 0.245. The molecule has 0 aliphatic rings. The number of carbonyl (C=O) groups excluding carboxylic acids is 1. The lowest BCUT2D eigenvalue weighted by atomic mass is 10.0. The van der Waals surface area contributed by atoms with E-state index in [4.69, 9.17) is 4.98 Å². The number of pyridine rings is 3. The van der Waals surface area contributed by atoms with E-state index in [9.17, 15) is 9.18 Å². The first kappa shape index (κ1) is 24.4. The predicted molar refractivity (Wildman–Crippen MR) is 148 cm³/mol. The summed E-state index contributed by atoms with van der Waals surface area (Å²) in [5.41, 5.74) is 7.01. The zero-order valence-electron chi connectivity index (χ0n) is 21.6. The van der Waals surface area contributed by atoms with Crippen molar-refractivity contribution in [3.63, 3.8) is 0 Å². The largest absolute Gasteiger partial charge is 0.335 e. The van der Waals surface area contributed by atoms with Crippen LogP contribution in [-0.2, 0) is 4.79 Å². The maximum Gasteiger partial charge on any atom is 0.224 e. The van der Waals surface area contributed by atoms with Gasteiger partial charge in [-0.1, -0.05) is 19.9 Å². The van der Waals surface area contributed by atoms with Crippen molar-refractivity contribution in [1.29, 1.82) is 0 Å². The number of nitrogens with zero attached hydrogens (tertiary/aromatic N) is 5. The minimum atomic E-state index is -0.311. The average Bonchev–Trinajstić information content (AvgIpc) is 3.51. The highest BCUT2D eigenvalue weighted by Crippen LogP contribution is 2.32. The van der Waals surface area contributed by atoms with E-state index in [0.717, 1.165) is 27.6 Å². The molecule has 9 nitrogen and oxygen atoms in total. The Hall–Kier alpha value is -4.99. The van der Waals surface area contributed by atoms with E-state index in [1.54, 1.807) is 31.0 Å². The number of rotatable bonds is 6. The van der Waals surface area contributed by atoms with Crippen LogP contribution in [0.15, 0.2) is 61.3 Å². The standard InChI is InChI=1S/C29H25FN8O/c1-15(2)4-26(39)34-20-8-18(10-31-11-20)23-9-21-24(14-33-23)37-38-28(21)29-35-25-13-32-12-22(27(25)36-29)17-5-16(3)6-19(30)7-17/h5-15H,4H2,1-3H3,(H,34,39)(H,35,36)(H,37,38). The molecule has 5 aromatic heterocycles. The van der Waals surface area contributed by atoms with Gasteiger partial charge in [-0.15, -0.1) is 0 Å². The summed E-state index contributed by atoms with van der Waals surface area (Å²) >= 11 is 0. The lowest BCUT2D eigenvalue weighted by molar-refractivity contribution is -0.116. The molecular weight excluding hydrogens is 495 g/mol. The molecule has 194 valence electrons. The normalized spacial score (nSPS) is 11.5. The summed E-state index contributed by atoms with van der Waals surface area (Å²) in [6.07, 6.45) is 8.83. The number of anilines is 1. The third kappa shape index (κ3) is 4.84. The van der Waals surface area contributed by atoms with Crippen molar-refractivity contribution in [2.45, 2.75) is 27.2 Å². The van der Waals surface area contributed by atoms with Gasteiger partial charge in [-0.3, -0.25) is 24.8 Å². The molecule has 0 aliphatic carbocycles. The van der Waals surface area contributed by atoms with Crippen LogP contribution in [-0.4, -0.2) is 41.0 Å². The number of aromatic nitrogens is 7. The molecule has 6 aromatic rings. The van der Waals surface area contributed by atoms with Crippen LogP contribution in [0.3, 0.4) is 0 Å². The van der Waals surface area contributed by atoms with Gasteiger partial charge < -0.3 is 10.3 Å². The first-order chi connectivity index (χ1) is 18.8. The highest BCUT2D eigenvalue weighted by atomic mass is 19.1. The van der Waals surface area contributed by atoms with Crippen LogP contribution in [0, 0.1) is 18.7 Å². The second-order valence-electron chi connectivity index (χ2n) is 9.98. The maximum atomic E-state index is 14.1. The minimum absolute atomic E-state index is 0.0587. The second-order valence-corrected chi connectivity index (χ2v) is 9.98. The van der Waals surface area contributed by atoms with Gasteiger partial charge in [0.1, 0.15) is 11.5 Å². The van der Waals surface area contributed by atoms with Crippen LogP contribution in [0.25, 0.3) is 55.8 Å². The molecule has 1 aromatic carbocycles. The maximum absolute atomic E-state index is 14.1. The summed E-state index contributed by atoms with van der Waals surface area (Å²) in [5, 5.41) is 11.2. The Morgan fingerprint density at radius 1 is 0.974 bits per heavy atom. The average molecular weight is 521 g/mol. The molecule has 0 unspecified atom stereocenters. The number of aryl methyl sites for hydroxylation is 1. The molecule has 10 heteroatoms. The lowest BCUT2D eigenvalue weighted by Crippen LogP contribution is -2.13. The van der Waals surface area contributed by atoms with Crippen molar-refractivity contribution in [3.05, 3.63) is 72.7 Å². The molecular formula is C29H25FN8O. The van der Waals surface area contributed by atoms with E-state index >= 15 is 0 Å². The highest BCUT2D eigenvalue weighted by Gasteiger charge is 2.17. The van der Waals surface area contributed by atoms with Crippen molar-refractivity contribution in [2.75, 3.05) is 5.32 Å². The van der Waals surface area contributed by atoms with E-state index < -0.39 is 0 Å². The Kier molecular flexibility index (Phi) is 6.07. The number of aromatic amines is 2. The topological polar surface area (TPSA) is 125 Å². The molecule has 0 radical (unpaired) electrons. The summed E-state index contributed by atoms with van der Waals surface area (Å²) in [5.74, 6) is 0.433. The summed E-state index contributed by atoms with van der Waals surface area (Å²) < 4.78 is 14.1. The zero-order valence-corrected chi connectivity index (χ0v) is 21.6. The van der Waals surface area contributed by atoms with Gasteiger partial charge in [-0.05, 0) is 48.2 Å². The fourth-order valence-corrected chi connectivity index (χ4v) is 4.63. The van der Waals surface area contributed by atoms with Gasteiger partial charge in [-0.2, -0.15) is 5.10 Å². The smallest absolute Gasteiger partial charge is 0.224 e. The Balaban J connectivity index is 1.39. The lowest BCUT2D eigenvalue weighted by Gasteiger charge is -2.08. The van der Waals surface area contributed by atoms with Crippen molar-refractivity contribution in [3.8, 4) is 33.9 Å². The van der Waals surface area contributed by atoms with Crippen molar-refractivity contribution in [1.82, 2.24) is 35.1 Å². The van der Waals surface area contributed by atoms with Crippen molar-refractivity contribution < 1.29 is 9.18 Å². The number of halogens is 1. The van der Waals surface area contributed by atoms with E-state index in [-0.39, 0.29) is 17.6 Å². The second kappa shape index (κ2) is 9.71. The Morgan fingerprint density at radius 2 is 1.82 bits per heavy atom. The molecule has 0 atom stereocenters. The van der Waals surface area contributed by atoms with Gasteiger partial charge >= 0.3 is 0 Å². The SMILES string of the molecule is Cc1cc(F)cc(-c2cncc3[nH]c(-c4n[nH]c5cnc(-c6cncc(NC(=O)CC(C)C)c6)cc45)nc23)c1. The number of imidazole rings is 1. The predicted octanol–water partition coefficient (Wildman–Crippen LogP) is 6.06. The third-order valence-electron chi connectivity index (χ3n) is 6.33. The number of H-pyrrole nitrogens is 2. The zero-order chi connectivity index (χ0) is 27.1. The molecule has 3 N–H and O–H groups in total. The molecule has 6 rings (SSSR count). The van der Waals surface area contributed by atoms with E-state index in [2.05, 4.69) is 35.5 Å². The molecule has 0 saturated carbocycles. The minimum Gasteiger partial charge on any atom is -0.335 e. The summed E-state index contributed by atoms with van der Waals surface area (Å²) in [6, 6.07) is 8.63. The van der Waals surface area contributed by atoms with Crippen molar-refractivity contribution in [2.24, 2.45) is 5.92 Å². The Morgan fingerprint density at radius 3 is 2.64 bits per heavy atom. The summed E-state index contributed by atoms with van der Waals surface area (Å²) in [6.45, 7) is 5.84. The summed E-state index contributed by atoms with van der Waals surface area (Å²) in [4.78, 5) is 33.6. The third-order valence-corrected chi connectivity index (χ3v) is 6.33. The first-order valence-corrected chi connectivity index (χ1v) is 12.5. The van der Waals surface area contributed by atoms with Gasteiger partial charge in [0.05, 0.1) is 46.5 Å². The van der Waals surface area contributed by atoms with Crippen molar-refractivity contribution >= 4 is 33.5 Å². The van der Waals surface area contributed by atoms with E-state index in [0.29, 0.717) is 45.9 Å². The number of nitrogens with one attached hydrogen (secondary N) is 3. The first-order valence-electron chi connectivity index (χ1n) is 12.5. The van der Waals surface area contributed by atoms with Crippen LogP contribution in [0.4, 0.5) is 10.1 Å². The molecule has 1 amide bonds. The van der Waals surface area contributed by atoms with E-state index in [1.807, 2.05) is 39.0 Å². The number of hydrogen-bond donors (Lipinski definition) is 3.